The van der Waals surface area contributed by atoms with E-state index in [1.165, 1.54) is 0 Å². The Morgan fingerprint density at radius 1 is 1.54 bits per heavy atom. The summed E-state index contributed by atoms with van der Waals surface area (Å²) in [4.78, 5) is 4.02. The minimum atomic E-state index is 0.223. The normalized spacial score (nSPS) is 10.3. The van der Waals surface area contributed by atoms with Crippen molar-refractivity contribution in [2.45, 2.75) is 6.92 Å². The number of aromatic nitrogens is 2. The van der Waals surface area contributed by atoms with Crippen LogP contribution in [0.4, 0.5) is 6.01 Å². The first kappa shape index (κ1) is 8.21. The molecule has 3 N–H and O–H groups in total. The van der Waals surface area contributed by atoms with Crippen LogP contribution < -0.4 is 11.3 Å². The maximum Gasteiger partial charge on any atom is 0.335 e. The molecule has 2 aromatic rings. The molecule has 0 atom stereocenters. The lowest BCUT2D eigenvalue weighted by molar-refractivity contribution is 0.432. The quantitative estimate of drug-likeness (QED) is 0.560. The van der Waals surface area contributed by atoms with Gasteiger partial charge in [0, 0.05) is 10.9 Å². The Balaban J connectivity index is 2.41. The molecule has 2 aromatic heterocycles. The maximum absolute atomic E-state index is 5.11. The van der Waals surface area contributed by atoms with Gasteiger partial charge in [0.15, 0.2) is 0 Å². The van der Waals surface area contributed by atoms with E-state index in [1.807, 2.05) is 17.7 Å². The molecule has 0 radical (unpaired) electrons. The van der Waals surface area contributed by atoms with E-state index in [-0.39, 0.29) is 6.01 Å². The largest absolute Gasteiger partial charge is 0.335 e. The van der Waals surface area contributed by atoms with Gasteiger partial charge >= 0.3 is 6.01 Å². The number of nitrogen functional groups attached to an aromatic ring is 1. The molecular weight excluding hydrogens is 188 g/mol. The van der Waals surface area contributed by atoms with Crippen LogP contribution in [0, 0.1) is 6.92 Å². The molecule has 5 nitrogen and oxygen atoms in total. The second-order valence-electron chi connectivity index (χ2n) is 2.54. The van der Waals surface area contributed by atoms with Gasteiger partial charge in [-0.25, -0.2) is 5.84 Å². The number of aryl methyl sites for hydroxylation is 1. The molecule has 0 amide bonds. The van der Waals surface area contributed by atoms with Crippen molar-refractivity contribution in [3.8, 4) is 11.4 Å². The third kappa shape index (κ3) is 1.41. The second-order valence-corrected chi connectivity index (χ2v) is 3.28. The molecule has 0 aliphatic rings. The average molecular weight is 196 g/mol. The monoisotopic (exact) mass is 196 g/mol. The molecule has 0 aliphatic carbocycles. The summed E-state index contributed by atoms with van der Waals surface area (Å²) in [5.41, 5.74) is 4.41. The first-order valence-electron chi connectivity index (χ1n) is 3.64. The third-order valence-corrected chi connectivity index (χ3v) is 2.51. The number of nitrogens with zero attached hydrogens (tertiary/aromatic N) is 2. The van der Waals surface area contributed by atoms with Gasteiger partial charge in [0.25, 0.3) is 0 Å². The molecule has 6 heteroatoms. The molecule has 68 valence electrons. The molecular formula is C7H8N4OS. The Hall–Kier alpha value is -1.40. The zero-order valence-electron chi connectivity index (χ0n) is 6.94. The van der Waals surface area contributed by atoms with E-state index in [0.717, 1.165) is 11.1 Å². The van der Waals surface area contributed by atoms with Crippen molar-refractivity contribution in [3.63, 3.8) is 0 Å². The van der Waals surface area contributed by atoms with E-state index in [1.54, 1.807) is 11.3 Å². The van der Waals surface area contributed by atoms with Gasteiger partial charge in [-0.2, -0.15) is 16.3 Å². The lowest BCUT2D eigenvalue weighted by atomic mass is 10.2. The summed E-state index contributed by atoms with van der Waals surface area (Å²) in [6.45, 7) is 2.00. The Kier molecular flexibility index (Phi) is 1.99. The minimum Gasteiger partial charge on any atom is -0.314 e. The summed E-state index contributed by atoms with van der Waals surface area (Å²) in [7, 11) is 0. The van der Waals surface area contributed by atoms with Crippen molar-refractivity contribution in [1.82, 2.24) is 10.1 Å². The molecule has 0 aliphatic heterocycles. The molecule has 0 aromatic carbocycles. The van der Waals surface area contributed by atoms with E-state index in [4.69, 9.17) is 10.4 Å². The van der Waals surface area contributed by atoms with Crippen molar-refractivity contribution in [3.05, 3.63) is 16.3 Å². The summed E-state index contributed by atoms with van der Waals surface area (Å²) >= 11 is 1.60. The van der Waals surface area contributed by atoms with Crippen LogP contribution >= 0.6 is 11.3 Å². The number of hydrazine groups is 1. The molecule has 0 spiro atoms. The van der Waals surface area contributed by atoms with Gasteiger partial charge in [-0.05, 0) is 17.9 Å². The van der Waals surface area contributed by atoms with Crippen LogP contribution in [-0.4, -0.2) is 10.1 Å². The van der Waals surface area contributed by atoms with Crippen molar-refractivity contribution >= 4 is 17.4 Å². The minimum absolute atomic E-state index is 0.223. The summed E-state index contributed by atoms with van der Waals surface area (Å²) < 4.78 is 4.80. The predicted octanol–water partition coefficient (Wildman–Crippen LogP) is 1.39. The van der Waals surface area contributed by atoms with Crippen molar-refractivity contribution in [1.29, 1.82) is 0 Å². The number of anilines is 1. The van der Waals surface area contributed by atoms with Crippen molar-refractivity contribution in [2.75, 3.05) is 5.43 Å². The van der Waals surface area contributed by atoms with Crippen LogP contribution in [0.25, 0.3) is 11.4 Å². The van der Waals surface area contributed by atoms with Gasteiger partial charge in [0.2, 0.25) is 5.82 Å². The van der Waals surface area contributed by atoms with E-state index < -0.39 is 0 Å². The van der Waals surface area contributed by atoms with Gasteiger partial charge in [0.1, 0.15) is 0 Å². The number of hydrogen-bond donors (Lipinski definition) is 2. The molecule has 0 fully saturated rings. The fourth-order valence-corrected chi connectivity index (χ4v) is 1.81. The third-order valence-electron chi connectivity index (χ3n) is 1.65. The van der Waals surface area contributed by atoms with Crippen LogP contribution in [0.3, 0.4) is 0 Å². The molecule has 2 rings (SSSR count). The van der Waals surface area contributed by atoms with Crippen molar-refractivity contribution < 1.29 is 4.52 Å². The van der Waals surface area contributed by atoms with Crippen LogP contribution in [-0.2, 0) is 0 Å². The highest BCUT2D eigenvalue weighted by atomic mass is 32.1. The topological polar surface area (TPSA) is 77.0 Å². The van der Waals surface area contributed by atoms with Crippen LogP contribution in [0.1, 0.15) is 5.56 Å². The van der Waals surface area contributed by atoms with Crippen LogP contribution in [0.5, 0.6) is 0 Å². The fraction of sp³-hybridized carbons (Fsp3) is 0.143. The van der Waals surface area contributed by atoms with Gasteiger partial charge < -0.3 is 4.52 Å². The lowest BCUT2D eigenvalue weighted by Gasteiger charge is -1.88. The van der Waals surface area contributed by atoms with Crippen molar-refractivity contribution in [2.24, 2.45) is 5.84 Å². The number of nitrogens with two attached hydrogens (primary N) is 1. The molecule has 0 saturated heterocycles. The predicted molar refractivity (Wildman–Crippen MR) is 50.2 cm³/mol. The summed E-state index contributed by atoms with van der Waals surface area (Å²) in [6.07, 6.45) is 0. The number of thiophene rings is 1. The zero-order valence-corrected chi connectivity index (χ0v) is 7.76. The van der Waals surface area contributed by atoms with E-state index >= 15 is 0 Å². The highest BCUT2D eigenvalue weighted by Crippen LogP contribution is 2.24. The Bertz CT molecular complexity index is 408. The highest BCUT2D eigenvalue weighted by molar-refractivity contribution is 7.08. The SMILES string of the molecule is Cc1cscc1-c1noc(NN)n1. The maximum atomic E-state index is 5.11. The van der Waals surface area contributed by atoms with Gasteiger partial charge in [-0.15, -0.1) is 0 Å². The molecule has 13 heavy (non-hydrogen) atoms. The smallest absolute Gasteiger partial charge is 0.314 e. The number of rotatable bonds is 2. The zero-order chi connectivity index (χ0) is 9.26. The Labute approximate surface area is 78.5 Å². The first-order valence-corrected chi connectivity index (χ1v) is 4.59. The van der Waals surface area contributed by atoms with Gasteiger partial charge in [0.05, 0.1) is 0 Å². The molecule has 2 heterocycles. The Morgan fingerprint density at radius 2 is 2.38 bits per heavy atom. The summed E-state index contributed by atoms with van der Waals surface area (Å²) in [5.74, 6) is 5.67. The van der Waals surface area contributed by atoms with Gasteiger partial charge in [-0.1, -0.05) is 5.16 Å². The molecule has 0 saturated carbocycles. The Morgan fingerprint density at radius 3 is 2.92 bits per heavy atom. The second kappa shape index (κ2) is 3.15. The van der Waals surface area contributed by atoms with E-state index in [2.05, 4.69) is 15.6 Å². The lowest BCUT2D eigenvalue weighted by Crippen LogP contribution is -2.06. The number of nitrogens with one attached hydrogen (secondary N) is 1. The van der Waals surface area contributed by atoms with E-state index in [9.17, 15) is 0 Å². The van der Waals surface area contributed by atoms with E-state index in [0.29, 0.717) is 5.82 Å². The molecule has 0 bridgehead atoms. The average Bonchev–Trinajstić information content (AvgIpc) is 2.71. The molecule has 0 unspecified atom stereocenters. The van der Waals surface area contributed by atoms with Gasteiger partial charge in [-0.3, -0.25) is 5.43 Å². The highest BCUT2D eigenvalue weighted by Gasteiger charge is 2.09. The summed E-state index contributed by atoms with van der Waals surface area (Å²) in [5, 5.41) is 7.77. The summed E-state index contributed by atoms with van der Waals surface area (Å²) in [6, 6.07) is 0.223. The standard InChI is InChI=1S/C7H8N4OS/c1-4-2-13-3-5(4)6-9-7(10-8)12-11-6/h2-3H,8H2,1H3,(H,9,10,11). The van der Waals surface area contributed by atoms with Crippen LogP contribution in [0.15, 0.2) is 15.3 Å². The van der Waals surface area contributed by atoms with Crippen LogP contribution in [0.2, 0.25) is 0 Å². The first-order chi connectivity index (χ1) is 6.31. The number of hydrogen-bond acceptors (Lipinski definition) is 6. The fourth-order valence-electron chi connectivity index (χ4n) is 0.981.